The average Bonchev–Trinajstić information content (AvgIpc) is 2.84. The molecule has 0 aromatic carbocycles. The van der Waals surface area contributed by atoms with Gasteiger partial charge in [-0.05, 0) is 63.7 Å². The number of pyridine rings is 1. The van der Waals surface area contributed by atoms with Crippen molar-refractivity contribution in [2.45, 2.75) is 52.1 Å². The van der Waals surface area contributed by atoms with Crippen molar-refractivity contribution in [3.05, 3.63) is 29.6 Å². The second kappa shape index (κ2) is 6.45. The fraction of sp³-hybridized carbons (Fsp3) is 0.684. The first kappa shape index (κ1) is 17.4. The third-order valence-electron chi connectivity index (χ3n) is 5.87. The van der Waals surface area contributed by atoms with Crippen molar-refractivity contribution in [2.24, 2.45) is 5.41 Å². The second-order valence-corrected chi connectivity index (χ2v) is 7.98. The van der Waals surface area contributed by atoms with Crippen molar-refractivity contribution < 1.29 is 9.90 Å². The zero-order chi connectivity index (χ0) is 17.4. The molecule has 1 aromatic heterocycles. The largest absolute Gasteiger partial charge is 0.394 e. The number of aryl methyl sites for hydroxylation is 1. The van der Waals surface area contributed by atoms with Crippen molar-refractivity contribution in [1.82, 2.24) is 14.8 Å². The average molecular weight is 331 g/mol. The van der Waals surface area contributed by atoms with Crippen LogP contribution in [0.2, 0.25) is 0 Å². The van der Waals surface area contributed by atoms with Gasteiger partial charge in [-0.1, -0.05) is 6.07 Å². The quantitative estimate of drug-likeness (QED) is 0.920. The Kier molecular flexibility index (Phi) is 4.67. The molecule has 5 heteroatoms. The Hall–Kier alpha value is -1.46. The topological polar surface area (TPSA) is 56.7 Å². The SMILES string of the molecule is CC(=O)N1CC2(CCN(Cc3cccc(C)n3)CC2)CC1(C)CO. The molecule has 2 fully saturated rings. The Bertz CT molecular complexity index is 610. The number of aliphatic hydroxyl groups is 1. The molecule has 2 aliphatic heterocycles. The number of piperidine rings is 1. The third kappa shape index (κ3) is 3.33. The maximum atomic E-state index is 12.0. The van der Waals surface area contributed by atoms with Gasteiger partial charge >= 0.3 is 0 Å². The van der Waals surface area contributed by atoms with E-state index in [0.717, 1.165) is 56.8 Å². The molecular weight excluding hydrogens is 302 g/mol. The number of carbonyl (C=O) groups excluding carboxylic acids is 1. The van der Waals surface area contributed by atoms with Gasteiger partial charge in [-0.2, -0.15) is 0 Å². The van der Waals surface area contributed by atoms with Crippen LogP contribution < -0.4 is 0 Å². The molecule has 0 radical (unpaired) electrons. The van der Waals surface area contributed by atoms with Gasteiger partial charge in [-0.3, -0.25) is 14.7 Å². The van der Waals surface area contributed by atoms with Crippen LogP contribution in [0.5, 0.6) is 0 Å². The Morgan fingerprint density at radius 3 is 2.58 bits per heavy atom. The first-order valence-corrected chi connectivity index (χ1v) is 8.90. The van der Waals surface area contributed by atoms with Gasteiger partial charge in [0.25, 0.3) is 0 Å². The minimum absolute atomic E-state index is 0.0469. The smallest absolute Gasteiger partial charge is 0.219 e. The van der Waals surface area contributed by atoms with Gasteiger partial charge in [0.15, 0.2) is 0 Å². The molecule has 1 aromatic rings. The van der Waals surface area contributed by atoms with Crippen LogP contribution in [0.4, 0.5) is 0 Å². The molecule has 0 saturated carbocycles. The van der Waals surface area contributed by atoms with E-state index in [4.69, 9.17) is 0 Å². The van der Waals surface area contributed by atoms with Crippen LogP contribution in [0.15, 0.2) is 18.2 Å². The molecule has 0 bridgehead atoms. The van der Waals surface area contributed by atoms with E-state index < -0.39 is 5.54 Å². The highest BCUT2D eigenvalue weighted by molar-refractivity contribution is 5.74. The first-order valence-electron chi connectivity index (χ1n) is 8.90. The maximum absolute atomic E-state index is 12.0. The maximum Gasteiger partial charge on any atom is 0.219 e. The predicted octanol–water partition coefficient (Wildman–Crippen LogP) is 1.98. The van der Waals surface area contributed by atoms with Crippen molar-refractivity contribution in [2.75, 3.05) is 26.2 Å². The minimum atomic E-state index is -0.397. The van der Waals surface area contributed by atoms with E-state index in [1.54, 1.807) is 6.92 Å². The lowest BCUT2D eigenvalue weighted by molar-refractivity contribution is -0.134. The number of amides is 1. The van der Waals surface area contributed by atoms with E-state index >= 15 is 0 Å². The van der Waals surface area contributed by atoms with Crippen LogP contribution >= 0.6 is 0 Å². The first-order chi connectivity index (χ1) is 11.4. The second-order valence-electron chi connectivity index (χ2n) is 7.98. The predicted molar refractivity (Wildman–Crippen MR) is 93.4 cm³/mol. The summed E-state index contributed by atoms with van der Waals surface area (Å²) in [6.45, 7) is 9.45. The van der Waals surface area contributed by atoms with Gasteiger partial charge in [0.05, 0.1) is 17.8 Å². The van der Waals surface area contributed by atoms with E-state index in [9.17, 15) is 9.90 Å². The molecule has 0 aliphatic carbocycles. The number of carbonyl (C=O) groups is 1. The summed E-state index contributed by atoms with van der Waals surface area (Å²) in [4.78, 5) is 20.9. The zero-order valence-electron chi connectivity index (χ0n) is 15.1. The number of likely N-dealkylation sites (tertiary alicyclic amines) is 2. The van der Waals surface area contributed by atoms with E-state index in [0.29, 0.717) is 0 Å². The van der Waals surface area contributed by atoms with Gasteiger partial charge in [-0.25, -0.2) is 0 Å². The monoisotopic (exact) mass is 331 g/mol. The van der Waals surface area contributed by atoms with Crippen LogP contribution in [0.1, 0.15) is 44.5 Å². The fourth-order valence-corrected chi connectivity index (χ4v) is 4.56. The molecule has 3 rings (SSSR count). The van der Waals surface area contributed by atoms with E-state index in [1.807, 2.05) is 24.8 Å². The highest BCUT2D eigenvalue weighted by Crippen LogP contribution is 2.48. The standard InChI is InChI=1S/C19H29N3O2/c1-15-5-4-6-17(20-15)11-21-9-7-19(8-10-21)12-18(3,14-23)22(13-19)16(2)24/h4-6,23H,7-14H2,1-3H3. The molecule has 2 saturated heterocycles. The molecule has 1 amide bonds. The number of hydrogen-bond donors (Lipinski definition) is 1. The van der Waals surface area contributed by atoms with Crippen molar-refractivity contribution in [1.29, 1.82) is 0 Å². The number of aromatic nitrogens is 1. The molecule has 1 spiro atoms. The van der Waals surface area contributed by atoms with Gasteiger partial charge in [-0.15, -0.1) is 0 Å². The highest BCUT2D eigenvalue weighted by atomic mass is 16.3. The summed E-state index contributed by atoms with van der Waals surface area (Å²) in [7, 11) is 0. The van der Waals surface area contributed by atoms with Crippen molar-refractivity contribution in [3.8, 4) is 0 Å². The number of aliphatic hydroxyl groups excluding tert-OH is 1. The Balaban J connectivity index is 1.63. The molecule has 3 heterocycles. The Morgan fingerprint density at radius 2 is 2.04 bits per heavy atom. The van der Waals surface area contributed by atoms with Gasteiger partial charge in [0.1, 0.15) is 0 Å². The van der Waals surface area contributed by atoms with E-state index in [-0.39, 0.29) is 17.9 Å². The molecular formula is C19H29N3O2. The number of nitrogens with zero attached hydrogens (tertiary/aromatic N) is 3. The van der Waals surface area contributed by atoms with Crippen LogP contribution in [0, 0.1) is 12.3 Å². The lowest BCUT2D eigenvalue weighted by atomic mass is 9.74. The number of rotatable bonds is 3. The lowest BCUT2D eigenvalue weighted by Gasteiger charge is -2.39. The van der Waals surface area contributed by atoms with Gasteiger partial charge in [0, 0.05) is 25.7 Å². The summed E-state index contributed by atoms with van der Waals surface area (Å²) in [5.41, 5.74) is 1.96. The van der Waals surface area contributed by atoms with Crippen molar-refractivity contribution in [3.63, 3.8) is 0 Å². The normalized spacial score (nSPS) is 26.9. The molecule has 132 valence electrons. The van der Waals surface area contributed by atoms with E-state index in [2.05, 4.69) is 22.0 Å². The van der Waals surface area contributed by atoms with Crippen LogP contribution in [0.3, 0.4) is 0 Å². The molecule has 5 nitrogen and oxygen atoms in total. The number of hydrogen-bond acceptors (Lipinski definition) is 4. The molecule has 1 atom stereocenters. The highest BCUT2D eigenvalue weighted by Gasteiger charge is 2.52. The summed E-state index contributed by atoms with van der Waals surface area (Å²) in [6.07, 6.45) is 3.07. The third-order valence-corrected chi connectivity index (χ3v) is 5.87. The summed E-state index contributed by atoms with van der Waals surface area (Å²) < 4.78 is 0. The fourth-order valence-electron chi connectivity index (χ4n) is 4.56. The minimum Gasteiger partial charge on any atom is -0.394 e. The van der Waals surface area contributed by atoms with E-state index in [1.165, 1.54) is 0 Å². The Morgan fingerprint density at radius 1 is 1.33 bits per heavy atom. The van der Waals surface area contributed by atoms with Crippen molar-refractivity contribution >= 4 is 5.91 Å². The molecule has 24 heavy (non-hydrogen) atoms. The van der Waals surface area contributed by atoms with Crippen LogP contribution in [-0.2, 0) is 11.3 Å². The van der Waals surface area contributed by atoms with Gasteiger partial charge in [0.2, 0.25) is 5.91 Å². The summed E-state index contributed by atoms with van der Waals surface area (Å²) >= 11 is 0. The summed E-state index contributed by atoms with van der Waals surface area (Å²) in [6, 6.07) is 6.18. The molecule has 1 N–H and O–H groups in total. The molecule has 2 aliphatic rings. The van der Waals surface area contributed by atoms with Crippen LogP contribution in [0.25, 0.3) is 0 Å². The molecule has 1 unspecified atom stereocenters. The van der Waals surface area contributed by atoms with Gasteiger partial charge < -0.3 is 10.0 Å². The summed E-state index contributed by atoms with van der Waals surface area (Å²) in [5.74, 6) is 0.0785. The summed E-state index contributed by atoms with van der Waals surface area (Å²) in [5, 5.41) is 9.82. The van der Waals surface area contributed by atoms with Crippen LogP contribution in [-0.4, -0.2) is 57.6 Å². The lowest BCUT2D eigenvalue weighted by Crippen LogP contribution is -2.46. The zero-order valence-corrected chi connectivity index (χ0v) is 15.1. The Labute approximate surface area is 144 Å².